The van der Waals surface area contributed by atoms with Gasteiger partial charge in [0.25, 0.3) is 11.8 Å². The van der Waals surface area contributed by atoms with Gasteiger partial charge in [-0.25, -0.2) is 4.39 Å². The van der Waals surface area contributed by atoms with E-state index in [1.165, 1.54) is 12.1 Å². The minimum atomic E-state index is -6.25. The maximum atomic E-state index is 14.4. The lowest BCUT2D eigenvalue weighted by atomic mass is 9.92. The highest BCUT2D eigenvalue weighted by molar-refractivity contribution is 14.1. The van der Waals surface area contributed by atoms with E-state index in [0.717, 1.165) is 25.8 Å². The van der Waals surface area contributed by atoms with Gasteiger partial charge in [0.15, 0.2) is 0 Å². The van der Waals surface area contributed by atoms with Crippen molar-refractivity contribution in [2.45, 2.75) is 57.2 Å². The standard InChI is InChI=1S/C24H22F7IN2O2/c1-4-13-11-21(13,3)34-20(36)18-15(6-5-7-16(18)32)19(35)33-17-9-8-14(10-12(17)2)22(25,23(26,27)28)24(29,30)31/h5-10,13H,4,11H2,1-3H3,(H,33,35)(H,34,36). The van der Waals surface area contributed by atoms with E-state index < -0.39 is 40.9 Å². The van der Waals surface area contributed by atoms with Crippen LogP contribution in [0.15, 0.2) is 36.4 Å². The van der Waals surface area contributed by atoms with Crippen molar-refractivity contribution in [2.24, 2.45) is 5.92 Å². The van der Waals surface area contributed by atoms with Crippen molar-refractivity contribution in [3.8, 4) is 0 Å². The SMILES string of the molecule is CCC1CC1(C)NC(=O)c1c(I)cccc1C(=O)Nc1ccc(C(F)(C(F)(F)F)C(F)(F)F)cc1C. The van der Waals surface area contributed by atoms with E-state index in [2.05, 4.69) is 10.6 Å². The topological polar surface area (TPSA) is 58.2 Å². The lowest BCUT2D eigenvalue weighted by Gasteiger charge is -2.30. The van der Waals surface area contributed by atoms with Crippen molar-refractivity contribution in [1.82, 2.24) is 5.32 Å². The third-order valence-corrected chi connectivity index (χ3v) is 7.34. The van der Waals surface area contributed by atoms with Gasteiger partial charge in [-0.2, -0.15) is 26.3 Å². The van der Waals surface area contributed by atoms with E-state index in [0.29, 0.717) is 21.6 Å². The first-order chi connectivity index (χ1) is 16.5. The van der Waals surface area contributed by atoms with Crippen molar-refractivity contribution >= 4 is 40.1 Å². The molecule has 0 spiro atoms. The molecule has 196 valence electrons. The highest BCUT2D eigenvalue weighted by Crippen LogP contribution is 2.53. The van der Waals surface area contributed by atoms with Gasteiger partial charge in [-0.15, -0.1) is 0 Å². The monoisotopic (exact) mass is 630 g/mol. The lowest BCUT2D eigenvalue weighted by Crippen LogP contribution is -2.50. The molecular weight excluding hydrogens is 608 g/mol. The largest absolute Gasteiger partial charge is 0.435 e. The number of carbonyl (C=O) groups is 2. The van der Waals surface area contributed by atoms with Gasteiger partial charge >= 0.3 is 18.0 Å². The Bertz CT molecular complexity index is 1180. The van der Waals surface area contributed by atoms with Gasteiger partial charge in [0.05, 0.1) is 11.1 Å². The molecule has 1 aliphatic rings. The molecule has 2 aromatic rings. The summed E-state index contributed by atoms with van der Waals surface area (Å²) in [4.78, 5) is 26.0. The molecule has 2 atom stereocenters. The van der Waals surface area contributed by atoms with Crippen molar-refractivity contribution in [3.63, 3.8) is 0 Å². The van der Waals surface area contributed by atoms with Gasteiger partial charge in [0.1, 0.15) is 0 Å². The van der Waals surface area contributed by atoms with Crippen LogP contribution in [0.3, 0.4) is 0 Å². The maximum Gasteiger partial charge on any atom is 0.435 e. The van der Waals surface area contributed by atoms with E-state index >= 15 is 0 Å². The number of anilines is 1. The zero-order chi connectivity index (χ0) is 27.3. The van der Waals surface area contributed by atoms with Crippen LogP contribution >= 0.6 is 22.6 Å². The number of amides is 2. The first-order valence-corrected chi connectivity index (χ1v) is 11.9. The highest BCUT2D eigenvalue weighted by Gasteiger charge is 2.73. The normalized spacial score (nSPS) is 20.1. The van der Waals surface area contributed by atoms with Gasteiger partial charge in [-0.3, -0.25) is 9.59 Å². The molecule has 0 aliphatic heterocycles. The van der Waals surface area contributed by atoms with Crippen molar-refractivity contribution < 1.29 is 40.3 Å². The molecule has 0 aromatic heterocycles. The number of aryl methyl sites for hydroxylation is 1. The zero-order valence-corrected chi connectivity index (χ0v) is 21.5. The van der Waals surface area contributed by atoms with Crippen molar-refractivity contribution in [1.29, 1.82) is 0 Å². The zero-order valence-electron chi connectivity index (χ0n) is 19.3. The summed E-state index contributed by atoms with van der Waals surface area (Å²) in [7, 11) is 0. The first-order valence-electron chi connectivity index (χ1n) is 10.8. The summed E-state index contributed by atoms with van der Waals surface area (Å²) in [6, 6.07) is 6.00. The predicted octanol–water partition coefficient (Wildman–Crippen LogP) is 7.06. The van der Waals surface area contributed by atoms with Crippen LogP contribution in [0.25, 0.3) is 0 Å². The van der Waals surface area contributed by atoms with Crippen LogP contribution in [-0.2, 0) is 5.67 Å². The van der Waals surface area contributed by atoms with Crippen LogP contribution in [0.4, 0.5) is 36.4 Å². The van der Waals surface area contributed by atoms with Crippen LogP contribution in [0.1, 0.15) is 58.5 Å². The quantitative estimate of drug-likeness (QED) is 0.266. The highest BCUT2D eigenvalue weighted by atomic mass is 127. The summed E-state index contributed by atoms with van der Waals surface area (Å²) in [5, 5.41) is 5.33. The number of nitrogens with one attached hydrogen (secondary N) is 2. The molecule has 1 saturated carbocycles. The second-order valence-electron chi connectivity index (χ2n) is 8.98. The van der Waals surface area contributed by atoms with E-state index in [1.54, 1.807) is 6.07 Å². The average molecular weight is 630 g/mol. The molecule has 3 rings (SSSR count). The number of rotatable bonds is 6. The van der Waals surface area contributed by atoms with E-state index in [9.17, 15) is 40.3 Å². The molecule has 36 heavy (non-hydrogen) atoms. The number of carbonyl (C=O) groups excluding carboxylic acids is 2. The molecule has 0 radical (unpaired) electrons. The van der Waals surface area contributed by atoms with Crippen LogP contribution in [0.5, 0.6) is 0 Å². The molecule has 1 aliphatic carbocycles. The lowest BCUT2D eigenvalue weighted by molar-refractivity contribution is -0.348. The summed E-state index contributed by atoms with van der Waals surface area (Å²) >= 11 is 1.89. The molecule has 2 unspecified atom stereocenters. The number of alkyl halides is 7. The van der Waals surface area contributed by atoms with Crippen molar-refractivity contribution in [3.05, 3.63) is 62.2 Å². The molecule has 4 nitrogen and oxygen atoms in total. The molecule has 12 heteroatoms. The van der Waals surface area contributed by atoms with Gasteiger partial charge in [0, 0.05) is 20.4 Å². The van der Waals surface area contributed by atoms with Crippen LogP contribution in [0, 0.1) is 16.4 Å². The Labute approximate surface area is 216 Å². The Morgan fingerprint density at radius 3 is 2.14 bits per heavy atom. The molecule has 2 aromatic carbocycles. The van der Waals surface area contributed by atoms with E-state index in [-0.39, 0.29) is 22.4 Å². The number of hydrogen-bond acceptors (Lipinski definition) is 2. The van der Waals surface area contributed by atoms with Crippen LogP contribution in [0.2, 0.25) is 0 Å². The minimum Gasteiger partial charge on any atom is -0.347 e. The molecule has 2 amide bonds. The van der Waals surface area contributed by atoms with Crippen molar-refractivity contribution in [2.75, 3.05) is 5.32 Å². The third kappa shape index (κ3) is 5.05. The summed E-state index contributed by atoms with van der Waals surface area (Å²) < 4.78 is 93.3. The van der Waals surface area contributed by atoms with Gasteiger partial charge in [-0.05, 0) is 72.5 Å². The molecule has 1 fully saturated rings. The summed E-state index contributed by atoms with van der Waals surface area (Å²) in [6.07, 6.45) is -10.8. The molecular formula is C24H22F7IN2O2. The fourth-order valence-electron chi connectivity index (χ4n) is 4.16. The summed E-state index contributed by atoms with van der Waals surface area (Å²) in [5.41, 5.74) is -7.96. The number of hydrogen-bond donors (Lipinski definition) is 2. The first kappa shape index (κ1) is 28.2. The smallest absolute Gasteiger partial charge is 0.347 e. The van der Waals surface area contributed by atoms with Gasteiger partial charge in [0.2, 0.25) is 0 Å². The Hall–Kier alpha value is -2.38. The minimum absolute atomic E-state index is 0.0365. The molecule has 0 bridgehead atoms. The summed E-state index contributed by atoms with van der Waals surface area (Å²) in [5.74, 6) is -0.980. The maximum absolute atomic E-state index is 14.4. The van der Waals surface area contributed by atoms with Crippen LogP contribution < -0.4 is 10.6 Å². The Morgan fingerprint density at radius 2 is 1.64 bits per heavy atom. The molecule has 0 heterocycles. The average Bonchev–Trinajstić information content (AvgIpc) is 3.41. The predicted molar refractivity (Wildman–Crippen MR) is 127 cm³/mol. The van der Waals surface area contributed by atoms with Gasteiger partial charge < -0.3 is 10.6 Å². The van der Waals surface area contributed by atoms with Gasteiger partial charge in [-0.1, -0.05) is 31.5 Å². The third-order valence-electron chi connectivity index (χ3n) is 6.44. The second-order valence-corrected chi connectivity index (χ2v) is 10.1. The van der Waals surface area contributed by atoms with E-state index in [4.69, 9.17) is 0 Å². The Morgan fingerprint density at radius 1 is 1.03 bits per heavy atom. The number of benzene rings is 2. The molecule has 2 N–H and O–H groups in total. The Kier molecular flexibility index (Phi) is 7.43. The fourth-order valence-corrected chi connectivity index (χ4v) is 4.91. The summed E-state index contributed by atoms with van der Waals surface area (Å²) in [6.45, 7) is 5.02. The Balaban J connectivity index is 1.91. The van der Waals surface area contributed by atoms with E-state index in [1.807, 2.05) is 36.4 Å². The van der Waals surface area contributed by atoms with Crippen LogP contribution in [-0.4, -0.2) is 29.7 Å². The fraction of sp³-hybridized carbons (Fsp3) is 0.417. The second kappa shape index (κ2) is 9.49. The molecule has 0 saturated heterocycles. The number of halogens is 8.